The van der Waals surface area contributed by atoms with Crippen molar-refractivity contribution in [2.24, 2.45) is 0 Å². The topological polar surface area (TPSA) is 68.8 Å². The number of imidazole rings is 1. The van der Waals surface area contributed by atoms with Crippen LogP contribution in [0.5, 0.6) is 5.75 Å². The van der Waals surface area contributed by atoms with Gasteiger partial charge in [-0.15, -0.1) is 0 Å². The second-order valence-electron chi connectivity index (χ2n) is 4.88. The molecule has 7 heteroatoms. The summed E-state index contributed by atoms with van der Waals surface area (Å²) in [5, 5.41) is 2.81. The number of fused-ring (bicyclic) bond motifs is 1. The number of carbonyl (C=O) groups is 1. The van der Waals surface area contributed by atoms with E-state index in [2.05, 4.69) is 26.2 Å². The van der Waals surface area contributed by atoms with Gasteiger partial charge in [-0.3, -0.25) is 4.79 Å². The Morgan fingerprint density at radius 2 is 2.30 bits per heavy atom. The highest BCUT2D eigenvalue weighted by Crippen LogP contribution is 2.19. The smallest absolute Gasteiger partial charge is 0.287 e. The van der Waals surface area contributed by atoms with Gasteiger partial charge >= 0.3 is 0 Å². The zero-order valence-electron chi connectivity index (χ0n) is 12.6. The van der Waals surface area contributed by atoms with Crippen molar-refractivity contribution in [2.45, 2.75) is 13.3 Å². The van der Waals surface area contributed by atoms with E-state index in [0.29, 0.717) is 24.2 Å². The molecule has 23 heavy (non-hydrogen) atoms. The van der Waals surface area contributed by atoms with Gasteiger partial charge in [0.1, 0.15) is 0 Å². The number of nitrogens with zero attached hydrogens (tertiary/aromatic N) is 2. The number of halogens is 1. The van der Waals surface area contributed by atoms with Crippen molar-refractivity contribution in [1.29, 1.82) is 0 Å². The summed E-state index contributed by atoms with van der Waals surface area (Å²) in [5.74, 6) is 0.797. The maximum Gasteiger partial charge on any atom is 0.287 e. The van der Waals surface area contributed by atoms with Gasteiger partial charge in [0.15, 0.2) is 21.8 Å². The number of aromatic nitrogens is 2. The fraction of sp³-hybridized carbons (Fsp3) is 0.250. The summed E-state index contributed by atoms with van der Waals surface area (Å²) in [5.41, 5.74) is 1.67. The van der Waals surface area contributed by atoms with E-state index in [0.717, 1.165) is 17.1 Å². The molecule has 3 rings (SSSR count). The normalized spacial score (nSPS) is 10.9. The number of furan rings is 1. The van der Waals surface area contributed by atoms with Crippen LogP contribution in [0.4, 0.5) is 0 Å². The first kappa shape index (κ1) is 15.6. The first-order valence-electron chi connectivity index (χ1n) is 7.30. The lowest BCUT2D eigenvalue weighted by molar-refractivity contribution is 0.0925. The predicted octanol–water partition coefficient (Wildman–Crippen LogP) is 3.06. The molecule has 0 bridgehead atoms. The SMILES string of the molecule is CCOc1cccn2cc(CCNC(=O)c3ccc(Br)o3)nc12. The van der Waals surface area contributed by atoms with Crippen LogP contribution in [0.1, 0.15) is 23.2 Å². The minimum absolute atomic E-state index is 0.241. The highest BCUT2D eigenvalue weighted by atomic mass is 79.9. The number of rotatable bonds is 6. The summed E-state index contributed by atoms with van der Waals surface area (Å²) in [7, 11) is 0. The number of amides is 1. The van der Waals surface area contributed by atoms with Gasteiger partial charge in [0.25, 0.3) is 5.91 Å². The van der Waals surface area contributed by atoms with Crippen molar-refractivity contribution in [3.8, 4) is 5.75 Å². The number of hydrogen-bond donors (Lipinski definition) is 1. The van der Waals surface area contributed by atoms with Gasteiger partial charge < -0.3 is 18.9 Å². The quantitative estimate of drug-likeness (QED) is 0.716. The first-order chi connectivity index (χ1) is 11.2. The molecule has 0 aromatic carbocycles. The highest BCUT2D eigenvalue weighted by Gasteiger charge is 2.11. The number of carbonyl (C=O) groups excluding carboxylic acids is 1. The molecule has 0 radical (unpaired) electrons. The summed E-state index contributed by atoms with van der Waals surface area (Å²) in [4.78, 5) is 16.4. The number of hydrogen-bond acceptors (Lipinski definition) is 4. The van der Waals surface area contributed by atoms with Crippen LogP contribution in [0.25, 0.3) is 5.65 Å². The Morgan fingerprint density at radius 1 is 1.43 bits per heavy atom. The van der Waals surface area contributed by atoms with E-state index < -0.39 is 0 Å². The van der Waals surface area contributed by atoms with Crippen LogP contribution in [0, 0.1) is 0 Å². The third-order valence-electron chi connectivity index (χ3n) is 3.26. The fourth-order valence-electron chi connectivity index (χ4n) is 2.25. The molecule has 0 atom stereocenters. The molecule has 3 aromatic heterocycles. The standard InChI is InChI=1S/C16H16BrN3O3/c1-2-22-12-4-3-9-20-10-11(19-15(12)20)7-8-18-16(21)13-5-6-14(17)23-13/h3-6,9-10H,2,7-8H2,1H3,(H,18,21). The fourth-order valence-corrected chi connectivity index (χ4v) is 2.56. The Labute approximate surface area is 141 Å². The highest BCUT2D eigenvalue weighted by molar-refractivity contribution is 9.10. The van der Waals surface area contributed by atoms with Gasteiger partial charge in [-0.2, -0.15) is 0 Å². The summed E-state index contributed by atoms with van der Waals surface area (Å²) < 4.78 is 13.2. The van der Waals surface area contributed by atoms with Gasteiger partial charge in [0.05, 0.1) is 12.3 Å². The molecule has 0 saturated heterocycles. The average Bonchev–Trinajstić information content (AvgIpc) is 3.14. The van der Waals surface area contributed by atoms with E-state index in [1.165, 1.54) is 0 Å². The predicted molar refractivity (Wildman–Crippen MR) is 88.8 cm³/mol. The zero-order chi connectivity index (χ0) is 16.2. The van der Waals surface area contributed by atoms with Crippen molar-refractivity contribution in [2.75, 3.05) is 13.2 Å². The molecule has 3 heterocycles. The van der Waals surface area contributed by atoms with Gasteiger partial charge in [-0.25, -0.2) is 4.98 Å². The van der Waals surface area contributed by atoms with Crippen molar-refractivity contribution in [1.82, 2.24) is 14.7 Å². The lowest BCUT2D eigenvalue weighted by Gasteiger charge is -2.03. The van der Waals surface area contributed by atoms with Crippen LogP contribution >= 0.6 is 15.9 Å². The van der Waals surface area contributed by atoms with Crippen molar-refractivity contribution in [3.63, 3.8) is 0 Å². The van der Waals surface area contributed by atoms with Gasteiger partial charge in [0.2, 0.25) is 0 Å². The molecule has 120 valence electrons. The maximum atomic E-state index is 11.9. The van der Waals surface area contributed by atoms with E-state index in [4.69, 9.17) is 9.15 Å². The number of ether oxygens (including phenoxy) is 1. The molecule has 0 spiro atoms. The minimum Gasteiger partial charge on any atom is -0.490 e. The minimum atomic E-state index is -0.241. The van der Waals surface area contributed by atoms with E-state index in [-0.39, 0.29) is 11.7 Å². The van der Waals surface area contributed by atoms with E-state index in [1.54, 1.807) is 12.1 Å². The zero-order valence-corrected chi connectivity index (χ0v) is 14.2. The third-order valence-corrected chi connectivity index (χ3v) is 3.69. The molecule has 0 aliphatic rings. The molecular formula is C16H16BrN3O3. The van der Waals surface area contributed by atoms with E-state index in [9.17, 15) is 4.79 Å². The van der Waals surface area contributed by atoms with Crippen molar-refractivity contribution < 1.29 is 13.9 Å². The molecule has 3 aromatic rings. The Bertz CT molecular complexity index is 825. The Balaban J connectivity index is 1.63. The Morgan fingerprint density at radius 3 is 3.04 bits per heavy atom. The molecule has 0 unspecified atom stereocenters. The van der Waals surface area contributed by atoms with Crippen LogP contribution < -0.4 is 10.1 Å². The third kappa shape index (κ3) is 3.56. The largest absolute Gasteiger partial charge is 0.490 e. The molecule has 6 nitrogen and oxygen atoms in total. The van der Waals surface area contributed by atoms with Gasteiger partial charge in [-0.05, 0) is 47.1 Å². The molecular weight excluding hydrogens is 362 g/mol. The monoisotopic (exact) mass is 377 g/mol. The maximum absolute atomic E-state index is 11.9. The molecule has 0 saturated carbocycles. The van der Waals surface area contributed by atoms with Crippen LogP contribution in [0.15, 0.2) is 45.7 Å². The summed E-state index contributed by atoms with van der Waals surface area (Å²) in [6.45, 7) is 3.01. The molecule has 1 N–H and O–H groups in total. The van der Waals surface area contributed by atoms with Crippen LogP contribution in [0.3, 0.4) is 0 Å². The second kappa shape index (κ2) is 6.87. The van der Waals surface area contributed by atoms with Crippen LogP contribution in [-0.2, 0) is 6.42 Å². The number of pyridine rings is 1. The van der Waals surface area contributed by atoms with Crippen LogP contribution in [0.2, 0.25) is 0 Å². The number of nitrogens with one attached hydrogen (secondary N) is 1. The Kier molecular flexibility index (Phi) is 4.66. The van der Waals surface area contributed by atoms with Crippen molar-refractivity contribution >= 4 is 27.5 Å². The van der Waals surface area contributed by atoms with E-state index >= 15 is 0 Å². The second-order valence-corrected chi connectivity index (χ2v) is 5.66. The average molecular weight is 378 g/mol. The van der Waals surface area contributed by atoms with Crippen LogP contribution in [-0.4, -0.2) is 28.4 Å². The molecule has 1 amide bonds. The lowest BCUT2D eigenvalue weighted by atomic mass is 10.3. The van der Waals surface area contributed by atoms with Gasteiger partial charge in [0, 0.05) is 25.4 Å². The Hall–Kier alpha value is -2.28. The molecule has 0 aliphatic heterocycles. The molecule has 0 aliphatic carbocycles. The first-order valence-corrected chi connectivity index (χ1v) is 8.09. The van der Waals surface area contributed by atoms with E-state index in [1.807, 2.05) is 35.9 Å². The molecule has 0 fully saturated rings. The van der Waals surface area contributed by atoms with Gasteiger partial charge in [-0.1, -0.05) is 0 Å². The summed E-state index contributed by atoms with van der Waals surface area (Å²) in [6, 6.07) is 7.12. The lowest BCUT2D eigenvalue weighted by Crippen LogP contribution is -2.25. The summed E-state index contributed by atoms with van der Waals surface area (Å²) in [6.07, 6.45) is 4.49. The van der Waals surface area contributed by atoms with Crippen molar-refractivity contribution in [3.05, 3.63) is 52.8 Å². The summed E-state index contributed by atoms with van der Waals surface area (Å²) >= 11 is 3.17.